The molecule has 6 rings (SSSR count). The third kappa shape index (κ3) is 3.24. The molecule has 0 atom stereocenters. The minimum atomic E-state index is -0.161. The molecule has 4 heterocycles. The van der Waals surface area contributed by atoms with E-state index in [1.165, 1.54) is 4.88 Å². The lowest BCUT2D eigenvalue weighted by Gasteiger charge is -2.10. The van der Waals surface area contributed by atoms with Crippen LogP contribution in [-0.4, -0.2) is 21.3 Å². The number of aromatic nitrogens is 3. The number of H-pyrrole nitrogens is 1. The fourth-order valence-corrected chi connectivity index (χ4v) is 6.22. The third-order valence-electron chi connectivity index (χ3n) is 6.59. The van der Waals surface area contributed by atoms with Crippen molar-refractivity contribution < 1.29 is 9.47 Å². The fourth-order valence-electron chi connectivity index (χ4n) is 4.96. The first-order valence-corrected chi connectivity index (χ1v) is 12.1. The minimum Gasteiger partial charge on any atom is -0.454 e. The zero-order valence-electron chi connectivity index (χ0n) is 18.9. The van der Waals surface area contributed by atoms with Gasteiger partial charge in [-0.3, -0.25) is 4.79 Å². The highest BCUT2D eigenvalue weighted by molar-refractivity contribution is 7.18. The van der Waals surface area contributed by atoms with Crippen LogP contribution in [0, 0.1) is 25.2 Å². The molecule has 34 heavy (non-hydrogen) atoms. The summed E-state index contributed by atoms with van der Waals surface area (Å²) in [5, 5.41) is 10.6. The third-order valence-corrected chi connectivity index (χ3v) is 7.77. The maximum absolute atomic E-state index is 13.0. The van der Waals surface area contributed by atoms with Crippen LogP contribution in [0.15, 0.2) is 29.1 Å². The number of thiophene rings is 1. The molecule has 0 spiro atoms. The zero-order valence-corrected chi connectivity index (χ0v) is 19.7. The molecule has 0 saturated heterocycles. The number of rotatable bonds is 3. The van der Waals surface area contributed by atoms with Gasteiger partial charge in [0.2, 0.25) is 6.79 Å². The smallest absolute Gasteiger partial charge is 0.260 e. The van der Waals surface area contributed by atoms with Gasteiger partial charge in [0, 0.05) is 28.0 Å². The number of nitriles is 1. The molecule has 170 valence electrons. The van der Waals surface area contributed by atoms with Gasteiger partial charge in [-0.15, -0.1) is 11.3 Å². The summed E-state index contributed by atoms with van der Waals surface area (Å²) in [6.45, 7) is 4.25. The SMILES string of the molecule is Cc1cc(/C=C(\C#N)c2nc3sc4c(c3c(=O)[nH]2)CCCC4)c(C)n1-c1ccc2c(c1)OCO2. The Bertz CT molecular complexity index is 1600. The molecule has 0 fully saturated rings. The Morgan fingerprint density at radius 1 is 1.21 bits per heavy atom. The second kappa shape index (κ2) is 7.89. The van der Waals surface area contributed by atoms with Gasteiger partial charge in [0.25, 0.3) is 5.56 Å². The summed E-state index contributed by atoms with van der Waals surface area (Å²) in [4.78, 5) is 22.5. The average molecular weight is 471 g/mol. The topological polar surface area (TPSA) is 92.9 Å². The summed E-state index contributed by atoms with van der Waals surface area (Å²) in [6, 6.07) is 10.1. The van der Waals surface area contributed by atoms with Crippen molar-refractivity contribution in [1.29, 1.82) is 5.26 Å². The second-order valence-electron chi connectivity index (χ2n) is 8.67. The molecule has 0 radical (unpaired) electrons. The lowest BCUT2D eigenvalue weighted by atomic mass is 9.97. The molecule has 0 saturated carbocycles. The molecule has 4 aromatic rings. The van der Waals surface area contributed by atoms with Crippen LogP contribution in [0.2, 0.25) is 0 Å². The number of aromatic amines is 1. The van der Waals surface area contributed by atoms with E-state index in [2.05, 4.69) is 15.6 Å². The summed E-state index contributed by atoms with van der Waals surface area (Å²) >= 11 is 1.59. The first-order chi connectivity index (χ1) is 16.5. The normalized spacial score (nSPS) is 14.9. The standard InChI is InChI=1S/C26H22N4O3S/c1-14-9-16(15(2)30(14)18-7-8-20-21(11-18)33-13-32-20)10-17(12-27)24-28-25(31)23-19-5-3-4-6-22(19)34-26(23)29-24/h7-11H,3-6,13H2,1-2H3,(H,28,29,31)/b17-10+. The van der Waals surface area contributed by atoms with Gasteiger partial charge in [0.15, 0.2) is 17.3 Å². The number of nitrogens with zero attached hydrogens (tertiary/aromatic N) is 3. The minimum absolute atomic E-state index is 0.161. The number of benzene rings is 1. The van der Waals surface area contributed by atoms with E-state index in [1.807, 2.05) is 38.1 Å². The first kappa shape index (κ1) is 20.8. The quantitative estimate of drug-likeness (QED) is 0.422. The Hall–Kier alpha value is -3.83. The Balaban J connectivity index is 1.43. The van der Waals surface area contributed by atoms with E-state index < -0.39 is 0 Å². The Morgan fingerprint density at radius 3 is 2.88 bits per heavy atom. The van der Waals surface area contributed by atoms with Crippen molar-refractivity contribution in [3.63, 3.8) is 0 Å². The molecule has 1 aromatic carbocycles. The number of fused-ring (bicyclic) bond motifs is 4. The molecule has 1 N–H and O–H groups in total. The number of hydrogen-bond acceptors (Lipinski definition) is 6. The summed E-state index contributed by atoms with van der Waals surface area (Å²) in [5.41, 5.74) is 5.14. The van der Waals surface area contributed by atoms with E-state index in [1.54, 1.807) is 17.4 Å². The summed E-state index contributed by atoms with van der Waals surface area (Å²) in [6.07, 6.45) is 5.96. The van der Waals surface area contributed by atoms with Crippen LogP contribution in [0.5, 0.6) is 11.5 Å². The highest BCUT2D eigenvalue weighted by Gasteiger charge is 2.21. The maximum atomic E-state index is 13.0. The lowest BCUT2D eigenvalue weighted by molar-refractivity contribution is 0.174. The van der Waals surface area contributed by atoms with Gasteiger partial charge in [-0.25, -0.2) is 4.98 Å². The van der Waals surface area contributed by atoms with Gasteiger partial charge in [-0.2, -0.15) is 5.26 Å². The summed E-state index contributed by atoms with van der Waals surface area (Å²) in [7, 11) is 0. The molecular weight excluding hydrogens is 448 g/mol. The fraction of sp³-hybridized carbons (Fsp3) is 0.269. The lowest BCUT2D eigenvalue weighted by Crippen LogP contribution is -2.12. The van der Waals surface area contributed by atoms with E-state index in [4.69, 9.17) is 14.5 Å². The van der Waals surface area contributed by atoms with Gasteiger partial charge < -0.3 is 19.0 Å². The molecule has 0 bridgehead atoms. The first-order valence-electron chi connectivity index (χ1n) is 11.3. The van der Waals surface area contributed by atoms with Crippen molar-refractivity contribution in [1.82, 2.24) is 14.5 Å². The van der Waals surface area contributed by atoms with E-state index in [0.717, 1.165) is 64.5 Å². The van der Waals surface area contributed by atoms with Crippen LogP contribution in [-0.2, 0) is 12.8 Å². The number of ether oxygens (including phenoxy) is 2. The van der Waals surface area contributed by atoms with Crippen molar-refractivity contribution in [2.75, 3.05) is 6.79 Å². The van der Waals surface area contributed by atoms with Gasteiger partial charge >= 0.3 is 0 Å². The predicted octanol–water partition coefficient (Wildman–Crippen LogP) is 5.06. The molecule has 3 aromatic heterocycles. The molecule has 7 nitrogen and oxygen atoms in total. The van der Waals surface area contributed by atoms with Crippen molar-refractivity contribution in [3.8, 4) is 23.3 Å². The molecule has 8 heteroatoms. The largest absolute Gasteiger partial charge is 0.454 e. The van der Waals surface area contributed by atoms with Crippen LogP contribution in [0.4, 0.5) is 0 Å². The maximum Gasteiger partial charge on any atom is 0.260 e. The van der Waals surface area contributed by atoms with E-state index in [9.17, 15) is 10.1 Å². The van der Waals surface area contributed by atoms with E-state index >= 15 is 0 Å². The second-order valence-corrected chi connectivity index (χ2v) is 9.76. The molecule has 1 aliphatic heterocycles. The van der Waals surface area contributed by atoms with Gasteiger partial charge in [-0.05, 0) is 74.9 Å². The molecule has 2 aliphatic rings. The van der Waals surface area contributed by atoms with Crippen molar-refractivity contribution in [2.45, 2.75) is 39.5 Å². The Labute approximate surface area is 199 Å². The predicted molar refractivity (Wildman–Crippen MR) is 132 cm³/mol. The van der Waals surface area contributed by atoms with Crippen LogP contribution < -0.4 is 15.0 Å². The van der Waals surface area contributed by atoms with E-state index in [0.29, 0.717) is 22.5 Å². The molecule has 0 amide bonds. The van der Waals surface area contributed by atoms with Crippen LogP contribution in [0.3, 0.4) is 0 Å². The zero-order chi connectivity index (χ0) is 23.4. The molecule has 0 unspecified atom stereocenters. The Kier molecular flexibility index (Phi) is 4.82. The van der Waals surface area contributed by atoms with E-state index in [-0.39, 0.29) is 12.4 Å². The van der Waals surface area contributed by atoms with Crippen molar-refractivity contribution in [3.05, 3.63) is 67.8 Å². The number of aryl methyl sites for hydroxylation is 3. The van der Waals surface area contributed by atoms with Crippen LogP contribution >= 0.6 is 11.3 Å². The van der Waals surface area contributed by atoms with Crippen LogP contribution in [0.25, 0.3) is 27.6 Å². The highest BCUT2D eigenvalue weighted by atomic mass is 32.1. The Morgan fingerprint density at radius 2 is 2.03 bits per heavy atom. The number of hydrogen-bond donors (Lipinski definition) is 1. The number of nitrogens with one attached hydrogen (secondary N) is 1. The monoisotopic (exact) mass is 470 g/mol. The molecular formula is C26H22N4O3S. The van der Waals surface area contributed by atoms with Gasteiger partial charge in [0.1, 0.15) is 10.9 Å². The van der Waals surface area contributed by atoms with Crippen molar-refractivity contribution in [2.24, 2.45) is 0 Å². The summed E-state index contributed by atoms with van der Waals surface area (Å²) < 4.78 is 13.1. The van der Waals surface area contributed by atoms with Crippen molar-refractivity contribution >= 4 is 33.2 Å². The molecule has 1 aliphatic carbocycles. The number of allylic oxidation sites excluding steroid dienone is 1. The van der Waals surface area contributed by atoms with Gasteiger partial charge in [0.05, 0.1) is 11.0 Å². The van der Waals surface area contributed by atoms with Crippen LogP contribution in [0.1, 0.15) is 46.1 Å². The van der Waals surface area contributed by atoms with Gasteiger partial charge in [-0.1, -0.05) is 0 Å². The summed E-state index contributed by atoms with van der Waals surface area (Å²) in [5.74, 6) is 1.76. The highest BCUT2D eigenvalue weighted by Crippen LogP contribution is 2.36. The average Bonchev–Trinajstić information content (AvgIpc) is 3.52.